The summed E-state index contributed by atoms with van der Waals surface area (Å²) in [6.07, 6.45) is 25.9. The molecule has 2 nitrogen and oxygen atoms in total. The van der Waals surface area contributed by atoms with Gasteiger partial charge in [-0.25, -0.2) is 0 Å². The Balaban J connectivity index is 1.02. The van der Waals surface area contributed by atoms with Gasteiger partial charge in [0.2, 0.25) is 0 Å². The summed E-state index contributed by atoms with van der Waals surface area (Å²) in [6.45, 7) is 4.05. The second-order valence-corrected chi connectivity index (χ2v) is 13.3. The van der Waals surface area contributed by atoms with Crippen molar-refractivity contribution in [2.45, 2.75) is 142 Å². The number of unbranched alkanes of at least 4 members (excludes halogenated alkanes) is 3. The van der Waals surface area contributed by atoms with E-state index >= 15 is 0 Å². The van der Waals surface area contributed by atoms with Gasteiger partial charge in [0, 0.05) is 5.92 Å². The molecule has 1 saturated heterocycles. The summed E-state index contributed by atoms with van der Waals surface area (Å²) in [5.74, 6) is 5.34. The second kappa shape index (κ2) is 15.9. The first-order chi connectivity index (χ1) is 18.1. The van der Waals surface area contributed by atoms with Gasteiger partial charge in [-0.1, -0.05) is 51.9 Å². The summed E-state index contributed by atoms with van der Waals surface area (Å²) < 4.78 is 37.1. The first-order valence-electron chi connectivity index (χ1n) is 16.4. The van der Waals surface area contributed by atoms with Crippen LogP contribution in [0.25, 0.3) is 0 Å². The van der Waals surface area contributed by atoms with E-state index in [2.05, 4.69) is 6.92 Å². The van der Waals surface area contributed by atoms with Gasteiger partial charge < -0.3 is 9.47 Å². The Morgan fingerprint density at radius 1 is 0.595 bits per heavy atom. The Morgan fingerprint density at radius 3 is 1.57 bits per heavy atom. The third-order valence-corrected chi connectivity index (χ3v) is 10.8. The third-order valence-electron chi connectivity index (χ3n) is 10.8. The monoisotopic (exact) mass is 522 g/mol. The molecule has 0 radical (unpaired) electrons. The highest BCUT2D eigenvalue weighted by atomic mass is 19.3. The van der Waals surface area contributed by atoms with Crippen molar-refractivity contribution in [3.63, 3.8) is 0 Å². The molecule has 214 valence electrons. The van der Waals surface area contributed by atoms with E-state index in [0.29, 0.717) is 5.92 Å². The molecule has 4 aliphatic rings. The topological polar surface area (TPSA) is 18.5 Å². The molecular weight excluding hydrogens is 466 g/mol. The summed E-state index contributed by atoms with van der Waals surface area (Å²) in [5, 5.41) is 0. The molecule has 0 spiro atoms. The fraction of sp³-hybridized carbons (Fsp3) is 0.939. The summed E-state index contributed by atoms with van der Waals surface area (Å²) >= 11 is 0. The number of rotatable bonds is 12. The highest BCUT2D eigenvalue weighted by Gasteiger charge is 2.34. The lowest BCUT2D eigenvalue weighted by molar-refractivity contribution is -0.204. The molecule has 1 heterocycles. The minimum atomic E-state index is -1.48. The molecule has 0 amide bonds. The molecule has 0 N–H and O–H groups in total. The van der Waals surface area contributed by atoms with Crippen LogP contribution >= 0.6 is 0 Å². The molecule has 0 bridgehead atoms. The van der Waals surface area contributed by atoms with E-state index in [0.717, 1.165) is 62.1 Å². The van der Waals surface area contributed by atoms with E-state index in [1.54, 1.807) is 0 Å². The molecule has 3 aliphatic carbocycles. The molecule has 0 aromatic heterocycles. The maximum absolute atomic E-state index is 12.6. The number of halogens is 2. The Labute approximate surface area is 226 Å². The van der Waals surface area contributed by atoms with Crippen molar-refractivity contribution in [2.75, 3.05) is 13.2 Å². The molecule has 4 heteroatoms. The highest BCUT2D eigenvalue weighted by molar-refractivity contribution is 4.92. The molecule has 1 aliphatic heterocycles. The van der Waals surface area contributed by atoms with Gasteiger partial charge >= 0.3 is 0 Å². The quantitative estimate of drug-likeness (QED) is 0.237. The van der Waals surface area contributed by atoms with E-state index in [9.17, 15) is 8.78 Å². The van der Waals surface area contributed by atoms with Crippen molar-refractivity contribution >= 4 is 0 Å². The van der Waals surface area contributed by atoms with E-state index in [1.165, 1.54) is 115 Å². The van der Waals surface area contributed by atoms with Gasteiger partial charge in [0.25, 0.3) is 6.08 Å². The minimum Gasteiger partial charge on any atom is -0.352 e. The Bertz CT molecular complexity index is 631. The van der Waals surface area contributed by atoms with Crippen LogP contribution < -0.4 is 0 Å². The SMILES string of the molecule is CCCCCC1OCC(CCCCC2CCC(C3CCC(C4CCC(C=C(F)F)CC4)CC3)CC2)CO1. The fourth-order valence-electron chi connectivity index (χ4n) is 8.34. The molecule has 3 saturated carbocycles. The third kappa shape index (κ3) is 9.89. The predicted molar refractivity (Wildman–Crippen MR) is 148 cm³/mol. The van der Waals surface area contributed by atoms with Crippen LogP contribution in [0.2, 0.25) is 0 Å². The van der Waals surface area contributed by atoms with Crippen molar-refractivity contribution in [1.29, 1.82) is 0 Å². The second-order valence-electron chi connectivity index (χ2n) is 13.3. The normalized spacial score (nSPS) is 37.3. The zero-order chi connectivity index (χ0) is 25.9. The average molecular weight is 523 g/mol. The summed E-state index contributed by atoms with van der Waals surface area (Å²) in [5.41, 5.74) is 0. The van der Waals surface area contributed by atoms with E-state index in [1.807, 2.05) is 0 Å². The lowest BCUT2D eigenvalue weighted by atomic mass is 9.65. The van der Waals surface area contributed by atoms with E-state index in [-0.39, 0.29) is 12.2 Å². The predicted octanol–water partition coefficient (Wildman–Crippen LogP) is 10.3. The van der Waals surface area contributed by atoms with Crippen LogP contribution in [0, 0.1) is 41.4 Å². The minimum absolute atomic E-state index is 0.0612. The first kappa shape index (κ1) is 29.5. The van der Waals surface area contributed by atoms with Crippen LogP contribution in [0.1, 0.15) is 135 Å². The molecule has 37 heavy (non-hydrogen) atoms. The van der Waals surface area contributed by atoms with Crippen molar-refractivity contribution in [3.05, 3.63) is 12.2 Å². The first-order valence-corrected chi connectivity index (χ1v) is 16.4. The lowest BCUT2D eigenvalue weighted by Gasteiger charge is -2.41. The Morgan fingerprint density at radius 2 is 1.05 bits per heavy atom. The molecule has 4 fully saturated rings. The van der Waals surface area contributed by atoms with Crippen LogP contribution in [0.4, 0.5) is 8.78 Å². The lowest BCUT2D eigenvalue weighted by Crippen LogP contribution is -2.32. The van der Waals surface area contributed by atoms with Crippen molar-refractivity contribution in [3.8, 4) is 0 Å². The van der Waals surface area contributed by atoms with Crippen LogP contribution in [0.5, 0.6) is 0 Å². The van der Waals surface area contributed by atoms with Crippen LogP contribution in [-0.2, 0) is 9.47 Å². The highest BCUT2D eigenvalue weighted by Crippen LogP contribution is 2.46. The molecule has 0 aromatic rings. The van der Waals surface area contributed by atoms with Crippen LogP contribution in [-0.4, -0.2) is 19.5 Å². The van der Waals surface area contributed by atoms with Gasteiger partial charge in [-0.05, 0) is 125 Å². The maximum atomic E-state index is 12.6. The van der Waals surface area contributed by atoms with Crippen LogP contribution in [0.15, 0.2) is 12.2 Å². The standard InChI is InChI=1S/C33H56F2O2/c1-2-3-4-9-33-36-23-27(24-37-33)8-6-5-7-25-10-14-28(15-11-25)30-18-20-31(21-19-30)29-16-12-26(13-17-29)22-32(34)35/h22,25-31,33H,2-21,23-24H2,1H3. The molecule has 0 unspecified atom stereocenters. The smallest absolute Gasteiger partial charge is 0.266 e. The van der Waals surface area contributed by atoms with Gasteiger partial charge in [0.1, 0.15) is 0 Å². The fourth-order valence-corrected chi connectivity index (χ4v) is 8.34. The van der Waals surface area contributed by atoms with Gasteiger partial charge in [-0.15, -0.1) is 0 Å². The van der Waals surface area contributed by atoms with Gasteiger partial charge in [-0.3, -0.25) is 0 Å². The molecule has 0 atom stereocenters. The number of hydrogen-bond acceptors (Lipinski definition) is 2. The molecule has 4 rings (SSSR count). The largest absolute Gasteiger partial charge is 0.352 e. The number of ether oxygens (including phenoxy) is 2. The number of hydrogen-bond donors (Lipinski definition) is 0. The maximum Gasteiger partial charge on any atom is 0.266 e. The summed E-state index contributed by atoms with van der Waals surface area (Å²) in [7, 11) is 0. The Hall–Kier alpha value is -0.480. The van der Waals surface area contributed by atoms with Gasteiger partial charge in [0.15, 0.2) is 6.29 Å². The van der Waals surface area contributed by atoms with E-state index < -0.39 is 6.08 Å². The van der Waals surface area contributed by atoms with Gasteiger partial charge in [0.05, 0.1) is 13.2 Å². The molecular formula is C33H56F2O2. The zero-order valence-corrected chi connectivity index (χ0v) is 23.8. The summed E-state index contributed by atoms with van der Waals surface area (Å²) in [6, 6.07) is 0. The van der Waals surface area contributed by atoms with Gasteiger partial charge in [-0.2, -0.15) is 8.78 Å². The summed E-state index contributed by atoms with van der Waals surface area (Å²) in [4.78, 5) is 0. The van der Waals surface area contributed by atoms with E-state index in [4.69, 9.17) is 9.47 Å². The average Bonchev–Trinajstić information content (AvgIpc) is 2.93. The Kier molecular flexibility index (Phi) is 12.7. The number of allylic oxidation sites excluding steroid dienone is 1. The molecule has 0 aromatic carbocycles. The van der Waals surface area contributed by atoms with Crippen molar-refractivity contribution < 1.29 is 18.3 Å². The zero-order valence-electron chi connectivity index (χ0n) is 23.8. The van der Waals surface area contributed by atoms with Crippen molar-refractivity contribution in [2.24, 2.45) is 41.4 Å². The van der Waals surface area contributed by atoms with Crippen molar-refractivity contribution in [1.82, 2.24) is 0 Å². The van der Waals surface area contributed by atoms with Crippen LogP contribution in [0.3, 0.4) is 0 Å².